The van der Waals surface area contributed by atoms with Crippen LogP contribution in [0.15, 0.2) is 22.7 Å². The third-order valence-corrected chi connectivity index (χ3v) is 4.65. The molecule has 0 saturated heterocycles. The second-order valence-corrected chi connectivity index (χ2v) is 6.15. The van der Waals surface area contributed by atoms with Gasteiger partial charge in [-0.1, -0.05) is 60.7 Å². The number of hydrogen-bond donors (Lipinski definition) is 0. The van der Waals surface area contributed by atoms with Gasteiger partial charge in [-0.05, 0) is 48.8 Å². The molecular weight excluding hydrogens is 272 g/mol. The number of benzene rings is 1. The van der Waals surface area contributed by atoms with Gasteiger partial charge in [0.15, 0.2) is 0 Å². The third kappa shape index (κ3) is 3.58. The maximum Gasteiger partial charge on any atom is 0.0210 e. The van der Waals surface area contributed by atoms with Crippen molar-refractivity contribution in [2.75, 3.05) is 0 Å². The molecule has 1 fully saturated rings. The Kier molecular flexibility index (Phi) is 5.09. The van der Waals surface area contributed by atoms with Crippen molar-refractivity contribution in [1.29, 1.82) is 0 Å². The Morgan fingerprint density at radius 1 is 1.18 bits per heavy atom. The average molecular weight is 295 g/mol. The minimum absolute atomic E-state index is 0.805. The molecule has 1 aliphatic carbocycles. The smallest absolute Gasteiger partial charge is 0.0210 e. The number of halogens is 1. The molecular formula is C16H23Br. The van der Waals surface area contributed by atoms with Crippen LogP contribution in [0.4, 0.5) is 0 Å². The Hall–Kier alpha value is -0.300. The van der Waals surface area contributed by atoms with Gasteiger partial charge in [-0.25, -0.2) is 0 Å². The predicted molar refractivity (Wildman–Crippen MR) is 78.6 cm³/mol. The molecule has 17 heavy (non-hydrogen) atoms. The molecule has 1 heteroatoms. The Balaban J connectivity index is 2.13. The molecule has 0 atom stereocenters. The Bertz CT molecular complexity index is 351. The highest BCUT2D eigenvalue weighted by Gasteiger charge is 2.17. The van der Waals surface area contributed by atoms with Gasteiger partial charge in [-0.3, -0.25) is 0 Å². The second kappa shape index (κ2) is 6.58. The minimum atomic E-state index is 0.805. The average Bonchev–Trinajstić information content (AvgIpc) is 2.39. The first-order valence-electron chi connectivity index (χ1n) is 7.09. The summed E-state index contributed by atoms with van der Waals surface area (Å²) in [6.07, 6.45) is 10.9. The molecule has 2 rings (SSSR count). The van der Waals surface area contributed by atoms with Gasteiger partial charge in [0.25, 0.3) is 0 Å². The van der Waals surface area contributed by atoms with E-state index in [0.717, 1.165) is 5.92 Å². The lowest BCUT2D eigenvalue weighted by molar-refractivity contribution is 0.442. The van der Waals surface area contributed by atoms with Crippen LogP contribution in [0, 0.1) is 0 Å². The second-order valence-electron chi connectivity index (χ2n) is 5.29. The molecule has 0 bridgehead atoms. The van der Waals surface area contributed by atoms with Gasteiger partial charge in [0.2, 0.25) is 0 Å². The van der Waals surface area contributed by atoms with Gasteiger partial charge >= 0.3 is 0 Å². The lowest BCUT2D eigenvalue weighted by Crippen LogP contribution is -2.05. The number of hydrogen-bond acceptors (Lipinski definition) is 0. The molecule has 0 spiro atoms. The van der Waals surface area contributed by atoms with Gasteiger partial charge in [-0.2, -0.15) is 0 Å². The van der Waals surface area contributed by atoms with Crippen molar-refractivity contribution in [1.82, 2.24) is 0 Å². The summed E-state index contributed by atoms with van der Waals surface area (Å²) in [7, 11) is 0. The summed E-state index contributed by atoms with van der Waals surface area (Å²) < 4.78 is 1.32. The lowest BCUT2D eigenvalue weighted by atomic mass is 9.83. The van der Waals surface area contributed by atoms with Crippen molar-refractivity contribution in [2.24, 2.45) is 0 Å². The quantitative estimate of drug-likeness (QED) is 0.654. The van der Waals surface area contributed by atoms with Crippen LogP contribution < -0.4 is 0 Å². The fourth-order valence-corrected chi connectivity index (χ4v) is 3.43. The zero-order chi connectivity index (χ0) is 12.1. The predicted octanol–water partition coefficient (Wildman–Crippen LogP) is 5.84. The van der Waals surface area contributed by atoms with Crippen molar-refractivity contribution in [2.45, 2.75) is 64.2 Å². The van der Waals surface area contributed by atoms with Crippen LogP contribution in [0.5, 0.6) is 0 Å². The van der Waals surface area contributed by atoms with Crippen LogP contribution >= 0.6 is 15.9 Å². The van der Waals surface area contributed by atoms with E-state index in [1.165, 1.54) is 61.4 Å². The lowest BCUT2D eigenvalue weighted by Gasteiger charge is -2.23. The Labute approximate surface area is 114 Å². The largest absolute Gasteiger partial charge is 0.0654 e. The van der Waals surface area contributed by atoms with Crippen molar-refractivity contribution in [3.05, 3.63) is 33.8 Å². The summed E-state index contributed by atoms with van der Waals surface area (Å²) in [5, 5.41) is 0. The summed E-state index contributed by atoms with van der Waals surface area (Å²) in [5.74, 6) is 0.805. The highest BCUT2D eigenvalue weighted by molar-refractivity contribution is 9.10. The molecule has 0 amide bonds. The van der Waals surface area contributed by atoms with E-state index in [4.69, 9.17) is 0 Å². The summed E-state index contributed by atoms with van der Waals surface area (Å²) in [5.41, 5.74) is 3.09. The molecule has 0 heterocycles. The molecule has 0 nitrogen and oxygen atoms in total. The van der Waals surface area contributed by atoms with Gasteiger partial charge in [-0.15, -0.1) is 0 Å². The van der Waals surface area contributed by atoms with E-state index in [2.05, 4.69) is 41.1 Å². The van der Waals surface area contributed by atoms with Gasteiger partial charge in [0, 0.05) is 4.47 Å². The SMILES string of the molecule is CCCCc1ccc(Br)c(C2CCCCC2)c1. The van der Waals surface area contributed by atoms with Crippen molar-refractivity contribution < 1.29 is 0 Å². The molecule has 94 valence electrons. The van der Waals surface area contributed by atoms with Crippen LogP contribution in [0.2, 0.25) is 0 Å². The Morgan fingerprint density at radius 2 is 1.94 bits per heavy atom. The molecule has 0 aliphatic heterocycles. The topological polar surface area (TPSA) is 0 Å². The minimum Gasteiger partial charge on any atom is -0.0654 e. The van der Waals surface area contributed by atoms with E-state index in [1.54, 1.807) is 5.56 Å². The van der Waals surface area contributed by atoms with Crippen LogP contribution in [-0.2, 0) is 6.42 Å². The van der Waals surface area contributed by atoms with E-state index < -0.39 is 0 Å². The van der Waals surface area contributed by atoms with E-state index in [-0.39, 0.29) is 0 Å². The summed E-state index contributed by atoms with van der Waals surface area (Å²) in [6, 6.07) is 7.00. The summed E-state index contributed by atoms with van der Waals surface area (Å²) in [6.45, 7) is 2.26. The van der Waals surface area contributed by atoms with Gasteiger partial charge < -0.3 is 0 Å². The molecule has 1 aromatic rings. The fraction of sp³-hybridized carbons (Fsp3) is 0.625. The fourth-order valence-electron chi connectivity index (χ4n) is 2.86. The first-order chi connectivity index (χ1) is 8.31. The van der Waals surface area contributed by atoms with E-state index in [9.17, 15) is 0 Å². The van der Waals surface area contributed by atoms with Crippen LogP contribution in [0.25, 0.3) is 0 Å². The molecule has 1 saturated carbocycles. The molecule has 0 N–H and O–H groups in total. The number of aryl methyl sites for hydroxylation is 1. The third-order valence-electron chi connectivity index (χ3n) is 3.92. The maximum absolute atomic E-state index is 3.73. The van der Waals surface area contributed by atoms with Crippen LogP contribution in [-0.4, -0.2) is 0 Å². The van der Waals surface area contributed by atoms with Crippen molar-refractivity contribution in [3.63, 3.8) is 0 Å². The molecule has 0 aromatic heterocycles. The zero-order valence-electron chi connectivity index (χ0n) is 10.8. The molecule has 0 radical (unpaired) electrons. The van der Waals surface area contributed by atoms with Gasteiger partial charge in [0.1, 0.15) is 0 Å². The first kappa shape index (κ1) is 13.1. The number of unbranched alkanes of at least 4 members (excludes halogenated alkanes) is 1. The monoisotopic (exact) mass is 294 g/mol. The number of rotatable bonds is 4. The summed E-state index contributed by atoms with van der Waals surface area (Å²) in [4.78, 5) is 0. The summed E-state index contributed by atoms with van der Waals surface area (Å²) >= 11 is 3.73. The Morgan fingerprint density at radius 3 is 2.65 bits per heavy atom. The van der Waals surface area contributed by atoms with E-state index in [0.29, 0.717) is 0 Å². The molecule has 1 aliphatic rings. The van der Waals surface area contributed by atoms with Gasteiger partial charge in [0.05, 0.1) is 0 Å². The maximum atomic E-state index is 3.73. The van der Waals surface area contributed by atoms with Crippen LogP contribution in [0.1, 0.15) is 68.9 Å². The highest BCUT2D eigenvalue weighted by Crippen LogP contribution is 2.36. The first-order valence-corrected chi connectivity index (χ1v) is 7.89. The zero-order valence-corrected chi connectivity index (χ0v) is 12.4. The van der Waals surface area contributed by atoms with E-state index in [1.807, 2.05) is 0 Å². The van der Waals surface area contributed by atoms with E-state index >= 15 is 0 Å². The standard InChI is InChI=1S/C16H23Br/c1-2-3-7-13-10-11-16(17)15(12-13)14-8-5-4-6-9-14/h10-12,14H,2-9H2,1H3. The van der Waals surface area contributed by atoms with Crippen LogP contribution in [0.3, 0.4) is 0 Å². The van der Waals surface area contributed by atoms with Crippen molar-refractivity contribution >= 4 is 15.9 Å². The molecule has 1 aromatic carbocycles. The van der Waals surface area contributed by atoms with Crippen molar-refractivity contribution in [3.8, 4) is 0 Å². The molecule has 0 unspecified atom stereocenters. The normalized spacial score (nSPS) is 17.3. The highest BCUT2D eigenvalue weighted by atomic mass is 79.9.